The number of aryl methyl sites for hydroxylation is 1. The maximum atomic E-state index is 12.4. The third-order valence-electron chi connectivity index (χ3n) is 4.33. The van der Waals surface area contributed by atoms with Crippen LogP contribution in [0.4, 0.5) is 0 Å². The fraction of sp³-hybridized carbons (Fsp3) is 0.0870. The van der Waals surface area contributed by atoms with Crippen molar-refractivity contribution in [2.45, 2.75) is 6.92 Å². The van der Waals surface area contributed by atoms with E-state index < -0.39 is 11.9 Å². The smallest absolute Gasteiger partial charge is 0.363 e. The normalized spacial score (nSPS) is 14.4. The van der Waals surface area contributed by atoms with E-state index in [4.69, 9.17) is 18.6 Å². The molecule has 1 aromatic heterocycles. The van der Waals surface area contributed by atoms with Gasteiger partial charge >= 0.3 is 11.9 Å². The molecule has 0 fully saturated rings. The number of ether oxygens (including phenoxy) is 3. The number of cyclic esters (lactones) is 1. The first-order valence-corrected chi connectivity index (χ1v) is 9.07. The van der Waals surface area contributed by atoms with Crippen molar-refractivity contribution in [1.29, 1.82) is 0 Å². The van der Waals surface area contributed by atoms with Crippen LogP contribution < -0.4 is 9.47 Å². The summed E-state index contributed by atoms with van der Waals surface area (Å²) in [5, 5.41) is 0. The maximum Gasteiger partial charge on any atom is 0.363 e. The zero-order valence-electron chi connectivity index (χ0n) is 16.2. The van der Waals surface area contributed by atoms with Gasteiger partial charge in [0.15, 0.2) is 23.0 Å². The Morgan fingerprint density at radius 3 is 2.57 bits per heavy atom. The summed E-state index contributed by atoms with van der Waals surface area (Å²) in [4.78, 5) is 28.6. The minimum atomic E-state index is -0.588. The number of hydrogen-bond donors (Lipinski definition) is 0. The summed E-state index contributed by atoms with van der Waals surface area (Å²) in [7, 11) is 1.46. The Morgan fingerprint density at radius 1 is 1.07 bits per heavy atom. The Hall–Kier alpha value is -4.13. The van der Waals surface area contributed by atoms with E-state index >= 15 is 0 Å². The number of methoxy groups -OCH3 is 1. The highest BCUT2D eigenvalue weighted by molar-refractivity contribution is 6.11. The van der Waals surface area contributed by atoms with Gasteiger partial charge in [0.2, 0.25) is 0 Å². The van der Waals surface area contributed by atoms with E-state index in [0.29, 0.717) is 22.6 Å². The number of furan rings is 1. The summed E-state index contributed by atoms with van der Waals surface area (Å²) in [6, 6.07) is 15.3. The molecule has 1 aliphatic rings. The van der Waals surface area contributed by atoms with Gasteiger partial charge in [-0.05, 0) is 55.0 Å². The molecule has 2 aromatic carbocycles. The fourth-order valence-electron chi connectivity index (χ4n) is 2.78. The molecule has 7 nitrogen and oxygen atoms in total. The molecule has 7 heteroatoms. The largest absolute Gasteiger partial charge is 0.493 e. The van der Waals surface area contributed by atoms with Gasteiger partial charge in [-0.25, -0.2) is 14.6 Å². The van der Waals surface area contributed by atoms with E-state index in [1.807, 2.05) is 19.1 Å². The third kappa shape index (κ3) is 4.00. The van der Waals surface area contributed by atoms with E-state index in [0.717, 1.165) is 5.56 Å². The molecule has 0 atom stereocenters. The second-order valence-electron chi connectivity index (χ2n) is 6.48. The van der Waals surface area contributed by atoms with Crippen LogP contribution >= 0.6 is 0 Å². The molecule has 150 valence electrons. The fourth-order valence-corrected chi connectivity index (χ4v) is 2.78. The summed E-state index contributed by atoms with van der Waals surface area (Å²) in [5.41, 5.74) is 2.22. The highest BCUT2D eigenvalue weighted by Crippen LogP contribution is 2.30. The summed E-state index contributed by atoms with van der Waals surface area (Å²) in [6.45, 7) is 1.94. The lowest BCUT2D eigenvalue weighted by atomic mass is 10.1. The highest BCUT2D eigenvalue weighted by atomic mass is 16.6. The molecule has 0 unspecified atom stereocenters. The van der Waals surface area contributed by atoms with Crippen molar-refractivity contribution in [1.82, 2.24) is 0 Å². The minimum Gasteiger partial charge on any atom is -0.493 e. The Kier molecular flexibility index (Phi) is 5.17. The maximum absolute atomic E-state index is 12.4. The van der Waals surface area contributed by atoms with E-state index in [-0.39, 0.29) is 17.3 Å². The standard InChI is InChI=1S/C23H17NO6/c1-14-5-8-16(9-6-14)22(25)29-18-10-7-15(13-20(18)27-2)12-17-23(26)30-21(24-17)19-4-3-11-28-19/h3-13H,1-2H3/b17-12-. The third-order valence-corrected chi connectivity index (χ3v) is 4.33. The molecular weight excluding hydrogens is 386 g/mol. The van der Waals surface area contributed by atoms with Crippen molar-refractivity contribution >= 4 is 23.9 Å². The molecule has 0 bridgehead atoms. The van der Waals surface area contributed by atoms with Crippen molar-refractivity contribution < 1.29 is 28.2 Å². The minimum absolute atomic E-state index is 0.104. The molecule has 0 saturated carbocycles. The van der Waals surface area contributed by atoms with Crippen molar-refractivity contribution in [2.24, 2.45) is 4.99 Å². The van der Waals surface area contributed by atoms with Crippen molar-refractivity contribution in [2.75, 3.05) is 7.11 Å². The van der Waals surface area contributed by atoms with Gasteiger partial charge < -0.3 is 18.6 Å². The van der Waals surface area contributed by atoms with Gasteiger partial charge in [-0.15, -0.1) is 0 Å². The summed E-state index contributed by atoms with van der Waals surface area (Å²) in [5.74, 6) is -0.0123. The van der Waals surface area contributed by atoms with Gasteiger partial charge in [0.05, 0.1) is 18.9 Å². The summed E-state index contributed by atoms with van der Waals surface area (Å²) >= 11 is 0. The number of carbonyl (C=O) groups is 2. The van der Waals surface area contributed by atoms with Crippen LogP contribution in [-0.2, 0) is 9.53 Å². The van der Waals surface area contributed by atoms with Crippen LogP contribution in [0.15, 0.2) is 76.0 Å². The van der Waals surface area contributed by atoms with E-state index in [2.05, 4.69) is 4.99 Å². The molecule has 1 aliphatic heterocycles. The van der Waals surface area contributed by atoms with Crippen LogP contribution in [-0.4, -0.2) is 24.9 Å². The lowest BCUT2D eigenvalue weighted by Gasteiger charge is -2.10. The number of nitrogens with zero attached hydrogens (tertiary/aromatic N) is 1. The van der Waals surface area contributed by atoms with Gasteiger partial charge in [-0.1, -0.05) is 23.8 Å². The molecule has 0 aliphatic carbocycles. The average Bonchev–Trinajstić information content (AvgIpc) is 3.40. The molecule has 0 radical (unpaired) electrons. The first-order chi connectivity index (χ1) is 14.5. The van der Waals surface area contributed by atoms with Gasteiger partial charge in [0, 0.05) is 0 Å². The molecule has 4 rings (SSSR count). The van der Waals surface area contributed by atoms with Crippen LogP contribution in [0, 0.1) is 6.92 Å². The van der Waals surface area contributed by atoms with Crippen LogP contribution in [0.3, 0.4) is 0 Å². The van der Waals surface area contributed by atoms with Crippen LogP contribution in [0.25, 0.3) is 6.08 Å². The zero-order chi connectivity index (χ0) is 21.1. The number of benzene rings is 2. The molecule has 30 heavy (non-hydrogen) atoms. The number of rotatable bonds is 5. The van der Waals surface area contributed by atoms with E-state index in [1.54, 1.807) is 48.5 Å². The lowest BCUT2D eigenvalue weighted by Crippen LogP contribution is -2.09. The van der Waals surface area contributed by atoms with Crippen LogP contribution in [0.2, 0.25) is 0 Å². The highest BCUT2D eigenvalue weighted by Gasteiger charge is 2.26. The van der Waals surface area contributed by atoms with E-state index in [9.17, 15) is 9.59 Å². The van der Waals surface area contributed by atoms with Gasteiger partial charge in [-0.2, -0.15) is 0 Å². The monoisotopic (exact) mass is 403 g/mol. The topological polar surface area (TPSA) is 87.3 Å². The first kappa shape index (κ1) is 19.2. The summed E-state index contributed by atoms with van der Waals surface area (Å²) in [6.07, 6.45) is 3.02. The van der Waals surface area contributed by atoms with Crippen LogP contribution in [0.5, 0.6) is 11.5 Å². The Labute approximate surface area is 172 Å². The number of carbonyl (C=O) groups excluding carboxylic acids is 2. The second-order valence-corrected chi connectivity index (χ2v) is 6.48. The Balaban J connectivity index is 1.56. The SMILES string of the molecule is COc1cc(/C=C2\N=C(c3ccco3)OC2=O)ccc1OC(=O)c1ccc(C)cc1. The lowest BCUT2D eigenvalue weighted by molar-refractivity contribution is -0.130. The molecular formula is C23H17NO6. The van der Waals surface area contributed by atoms with Gasteiger partial charge in [0.25, 0.3) is 5.90 Å². The average molecular weight is 403 g/mol. The zero-order valence-corrected chi connectivity index (χ0v) is 16.2. The van der Waals surface area contributed by atoms with Crippen molar-refractivity contribution in [3.63, 3.8) is 0 Å². The van der Waals surface area contributed by atoms with Crippen molar-refractivity contribution in [3.8, 4) is 11.5 Å². The van der Waals surface area contributed by atoms with Gasteiger partial charge in [0.1, 0.15) is 0 Å². The molecule has 0 saturated heterocycles. The number of aliphatic imine (C=N–C) groups is 1. The Morgan fingerprint density at radius 2 is 1.87 bits per heavy atom. The molecule has 2 heterocycles. The predicted molar refractivity (Wildman–Crippen MR) is 108 cm³/mol. The quantitative estimate of drug-likeness (QED) is 0.361. The van der Waals surface area contributed by atoms with E-state index in [1.165, 1.54) is 13.4 Å². The molecule has 0 N–H and O–H groups in total. The molecule has 0 amide bonds. The van der Waals surface area contributed by atoms with Gasteiger partial charge in [-0.3, -0.25) is 0 Å². The number of esters is 2. The second kappa shape index (κ2) is 8.08. The molecule has 3 aromatic rings. The van der Waals surface area contributed by atoms with Crippen LogP contribution in [0.1, 0.15) is 27.2 Å². The predicted octanol–water partition coefficient (Wildman–Crippen LogP) is 4.16. The first-order valence-electron chi connectivity index (χ1n) is 9.07. The Bertz CT molecular complexity index is 1160. The van der Waals surface area contributed by atoms with Crippen molar-refractivity contribution in [3.05, 3.63) is 89.0 Å². The molecule has 0 spiro atoms. The summed E-state index contributed by atoms with van der Waals surface area (Å²) < 4.78 is 21.1. The number of hydrogen-bond acceptors (Lipinski definition) is 7.